The molecule has 0 saturated carbocycles. The van der Waals surface area contributed by atoms with Crippen LogP contribution < -0.4 is 4.90 Å². The van der Waals surface area contributed by atoms with Crippen molar-refractivity contribution >= 4 is 21.3 Å². The highest BCUT2D eigenvalue weighted by Gasteiger charge is 2.38. The summed E-state index contributed by atoms with van der Waals surface area (Å²) in [7, 11) is -3.18. The highest BCUT2D eigenvalue weighted by atomic mass is 32.2. The molecule has 0 bridgehead atoms. The van der Waals surface area contributed by atoms with Gasteiger partial charge in [-0.3, -0.25) is 0 Å². The van der Waals surface area contributed by atoms with Crippen molar-refractivity contribution in [3.05, 3.63) is 17.0 Å². The summed E-state index contributed by atoms with van der Waals surface area (Å²) in [5.41, 5.74) is 1.25. The molecule has 0 radical (unpaired) electrons. The van der Waals surface area contributed by atoms with Crippen LogP contribution in [0.5, 0.6) is 0 Å². The third-order valence-corrected chi connectivity index (χ3v) is 6.25. The minimum absolute atomic E-state index is 0.0454. The lowest BCUT2D eigenvalue weighted by atomic mass is 10.1. The normalized spacial score (nSPS) is 21.5. The molecule has 1 saturated heterocycles. The number of rotatable bonds is 1. The second-order valence-electron chi connectivity index (χ2n) is 6.50. The van der Waals surface area contributed by atoms with Crippen molar-refractivity contribution in [2.24, 2.45) is 5.92 Å². The number of anilines is 1. The maximum absolute atomic E-state index is 13.1. The Morgan fingerprint density at radius 2 is 1.84 bits per heavy atom. The van der Waals surface area contributed by atoms with Crippen molar-refractivity contribution < 1.29 is 21.6 Å². The molecule has 7 nitrogen and oxygen atoms in total. The molecule has 3 heterocycles. The van der Waals surface area contributed by atoms with E-state index >= 15 is 0 Å². The molecule has 1 aliphatic rings. The van der Waals surface area contributed by atoms with Crippen molar-refractivity contribution in [1.82, 2.24) is 19.8 Å². The minimum atomic E-state index is -4.68. The Bertz CT molecular complexity index is 923. The lowest BCUT2D eigenvalue weighted by Gasteiger charge is -2.25. The Morgan fingerprint density at radius 1 is 1.16 bits per heavy atom. The first kappa shape index (κ1) is 17.9. The molecule has 2 aromatic rings. The van der Waals surface area contributed by atoms with Crippen LogP contribution in [0.1, 0.15) is 23.9 Å². The standard InChI is InChI=1S/C14H18F3N5O2S/c1-8-6-21(4-5-25(23,24)7-8)12-10(3)9(2)11-18-19-13(14(15,16)17)22(11)20-12/h8H,4-7H2,1-3H3. The molecule has 3 rings (SSSR count). The van der Waals surface area contributed by atoms with E-state index in [1.165, 1.54) is 0 Å². The molecule has 0 spiro atoms. The Hall–Kier alpha value is -1.91. The van der Waals surface area contributed by atoms with Crippen LogP contribution >= 0.6 is 0 Å². The molecule has 1 unspecified atom stereocenters. The van der Waals surface area contributed by atoms with Crippen LogP contribution in [-0.4, -0.2) is 52.8 Å². The topological polar surface area (TPSA) is 80.5 Å². The second kappa shape index (κ2) is 5.82. The molecular formula is C14H18F3N5O2S. The van der Waals surface area contributed by atoms with Gasteiger partial charge in [-0.15, -0.1) is 15.3 Å². The van der Waals surface area contributed by atoms with Crippen molar-refractivity contribution in [1.29, 1.82) is 0 Å². The Labute approximate surface area is 142 Å². The molecule has 0 aliphatic carbocycles. The van der Waals surface area contributed by atoms with E-state index in [0.29, 0.717) is 28.0 Å². The molecule has 138 valence electrons. The number of fused-ring (bicyclic) bond motifs is 1. The number of halogens is 3. The average molecular weight is 377 g/mol. The number of aromatic nitrogens is 4. The quantitative estimate of drug-likeness (QED) is 0.752. The second-order valence-corrected chi connectivity index (χ2v) is 8.72. The maximum atomic E-state index is 13.1. The van der Waals surface area contributed by atoms with Crippen molar-refractivity contribution in [3.8, 4) is 0 Å². The molecule has 11 heteroatoms. The van der Waals surface area contributed by atoms with Gasteiger partial charge in [0.15, 0.2) is 21.3 Å². The summed E-state index contributed by atoms with van der Waals surface area (Å²) in [6.07, 6.45) is -4.68. The van der Waals surface area contributed by atoms with E-state index < -0.39 is 21.8 Å². The highest BCUT2D eigenvalue weighted by molar-refractivity contribution is 7.91. The van der Waals surface area contributed by atoms with E-state index in [9.17, 15) is 21.6 Å². The fourth-order valence-electron chi connectivity index (χ4n) is 3.07. The molecule has 0 aromatic carbocycles. The molecular weight excluding hydrogens is 359 g/mol. The van der Waals surface area contributed by atoms with E-state index in [1.54, 1.807) is 25.7 Å². The van der Waals surface area contributed by atoms with Crippen LogP contribution in [0.25, 0.3) is 5.65 Å². The van der Waals surface area contributed by atoms with Crippen molar-refractivity contribution in [2.45, 2.75) is 26.9 Å². The highest BCUT2D eigenvalue weighted by Crippen LogP contribution is 2.31. The Balaban J connectivity index is 2.14. The number of aryl methyl sites for hydroxylation is 1. The fraction of sp³-hybridized carbons (Fsp3) is 0.643. The molecule has 0 amide bonds. The van der Waals surface area contributed by atoms with Gasteiger partial charge in [0.25, 0.3) is 5.82 Å². The maximum Gasteiger partial charge on any atom is 0.453 e. The van der Waals surface area contributed by atoms with E-state index in [1.807, 2.05) is 0 Å². The zero-order valence-corrected chi connectivity index (χ0v) is 14.8. The summed E-state index contributed by atoms with van der Waals surface area (Å²) in [4.78, 5) is 1.73. The first-order valence-electron chi connectivity index (χ1n) is 7.75. The monoisotopic (exact) mass is 377 g/mol. The Kier molecular flexibility index (Phi) is 4.17. The summed E-state index contributed by atoms with van der Waals surface area (Å²) in [5, 5.41) is 10.9. The predicted molar refractivity (Wildman–Crippen MR) is 85.3 cm³/mol. The van der Waals surface area contributed by atoms with Crippen LogP contribution in [0.4, 0.5) is 19.0 Å². The minimum Gasteiger partial charge on any atom is -0.354 e. The van der Waals surface area contributed by atoms with Crippen LogP contribution in [0, 0.1) is 19.8 Å². The number of hydrogen-bond acceptors (Lipinski definition) is 6. The van der Waals surface area contributed by atoms with E-state index in [2.05, 4.69) is 15.3 Å². The van der Waals surface area contributed by atoms with Crippen LogP contribution in [0.2, 0.25) is 0 Å². The summed E-state index contributed by atoms with van der Waals surface area (Å²) < 4.78 is 64.0. The molecule has 1 aliphatic heterocycles. The first-order valence-corrected chi connectivity index (χ1v) is 9.57. The predicted octanol–water partition coefficient (Wildman–Crippen LogP) is 1.63. The zero-order valence-electron chi connectivity index (χ0n) is 14.0. The summed E-state index contributed by atoms with van der Waals surface area (Å²) in [6, 6.07) is 0. The third-order valence-electron chi connectivity index (χ3n) is 4.36. The van der Waals surface area contributed by atoms with E-state index in [0.717, 1.165) is 0 Å². The molecule has 25 heavy (non-hydrogen) atoms. The number of nitrogens with zero attached hydrogens (tertiary/aromatic N) is 5. The Morgan fingerprint density at radius 3 is 2.48 bits per heavy atom. The summed E-state index contributed by atoms with van der Waals surface area (Å²) >= 11 is 0. The van der Waals surface area contributed by atoms with Gasteiger partial charge >= 0.3 is 6.18 Å². The zero-order chi connectivity index (χ0) is 18.6. The van der Waals surface area contributed by atoms with Gasteiger partial charge in [0.2, 0.25) is 0 Å². The number of sulfone groups is 1. The molecule has 1 atom stereocenters. The van der Waals surface area contributed by atoms with Gasteiger partial charge in [-0.1, -0.05) is 6.92 Å². The number of hydrogen-bond donors (Lipinski definition) is 0. The fourth-order valence-corrected chi connectivity index (χ4v) is 4.71. The summed E-state index contributed by atoms with van der Waals surface area (Å²) in [5.74, 6) is -0.997. The molecule has 0 N–H and O–H groups in total. The van der Waals surface area contributed by atoms with Gasteiger partial charge in [0.05, 0.1) is 11.5 Å². The van der Waals surface area contributed by atoms with E-state index in [4.69, 9.17) is 0 Å². The smallest absolute Gasteiger partial charge is 0.354 e. The van der Waals surface area contributed by atoms with Gasteiger partial charge in [-0.2, -0.15) is 17.7 Å². The van der Waals surface area contributed by atoms with E-state index in [-0.39, 0.29) is 29.6 Å². The van der Waals surface area contributed by atoms with Crippen LogP contribution in [0.15, 0.2) is 0 Å². The molecule has 1 fully saturated rings. The third kappa shape index (κ3) is 3.29. The largest absolute Gasteiger partial charge is 0.453 e. The average Bonchev–Trinajstić information content (AvgIpc) is 2.85. The van der Waals surface area contributed by atoms with Crippen LogP contribution in [0.3, 0.4) is 0 Å². The van der Waals surface area contributed by atoms with Gasteiger partial charge in [-0.05, 0) is 19.8 Å². The SMILES string of the molecule is Cc1c(N2CCS(=O)(=O)CC(C)C2)nn2c(C(F)(F)F)nnc2c1C. The van der Waals surface area contributed by atoms with Crippen molar-refractivity contribution in [3.63, 3.8) is 0 Å². The van der Waals surface area contributed by atoms with Gasteiger partial charge < -0.3 is 4.90 Å². The lowest BCUT2D eigenvalue weighted by molar-refractivity contribution is -0.146. The van der Waals surface area contributed by atoms with Crippen LogP contribution in [-0.2, 0) is 16.0 Å². The summed E-state index contributed by atoms with van der Waals surface area (Å²) in [6.45, 7) is 5.79. The lowest BCUT2D eigenvalue weighted by Crippen LogP contribution is -2.31. The van der Waals surface area contributed by atoms with Crippen molar-refractivity contribution in [2.75, 3.05) is 29.5 Å². The molecule has 2 aromatic heterocycles. The van der Waals surface area contributed by atoms with Gasteiger partial charge in [0, 0.05) is 24.2 Å². The number of alkyl halides is 3. The van der Waals surface area contributed by atoms with Gasteiger partial charge in [-0.25, -0.2) is 8.42 Å². The first-order chi connectivity index (χ1) is 11.5. The van der Waals surface area contributed by atoms with Gasteiger partial charge in [0.1, 0.15) is 0 Å².